The van der Waals surface area contributed by atoms with Crippen molar-refractivity contribution < 1.29 is 4.74 Å². The quantitative estimate of drug-likeness (QED) is 0.746. The monoisotopic (exact) mass is 254 g/mol. The standard InChI is InChI=1S/C14H14N4O/c15-6-8-19-11-4-1-3-10(9-11)13-17-12-5-2-7-16-14(12)18-13/h1-5,7,9H,6,8,15H2,(H,16,17,18). The molecule has 5 nitrogen and oxygen atoms in total. The molecule has 0 saturated carbocycles. The van der Waals surface area contributed by atoms with Gasteiger partial charge in [0.15, 0.2) is 5.65 Å². The molecule has 5 heteroatoms. The first kappa shape index (κ1) is 11.7. The van der Waals surface area contributed by atoms with Gasteiger partial charge in [-0.2, -0.15) is 0 Å². The minimum Gasteiger partial charge on any atom is -0.492 e. The van der Waals surface area contributed by atoms with Crippen molar-refractivity contribution in [2.24, 2.45) is 5.73 Å². The highest BCUT2D eigenvalue weighted by Crippen LogP contribution is 2.23. The van der Waals surface area contributed by atoms with Crippen molar-refractivity contribution in [1.29, 1.82) is 0 Å². The maximum absolute atomic E-state index is 5.51. The van der Waals surface area contributed by atoms with Crippen molar-refractivity contribution in [3.05, 3.63) is 42.6 Å². The van der Waals surface area contributed by atoms with Gasteiger partial charge >= 0.3 is 0 Å². The number of rotatable bonds is 4. The molecule has 2 heterocycles. The van der Waals surface area contributed by atoms with Crippen LogP contribution in [0, 0.1) is 0 Å². The number of hydrogen-bond acceptors (Lipinski definition) is 4. The Morgan fingerprint density at radius 3 is 3.00 bits per heavy atom. The van der Waals surface area contributed by atoms with Crippen LogP contribution in [0.4, 0.5) is 0 Å². The van der Waals surface area contributed by atoms with Crippen LogP contribution in [0.1, 0.15) is 0 Å². The van der Waals surface area contributed by atoms with E-state index in [4.69, 9.17) is 10.5 Å². The van der Waals surface area contributed by atoms with Gasteiger partial charge in [-0.3, -0.25) is 0 Å². The van der Waals surface area contributed by atoms with Crippen molar-refractivity contribution in [3.63, 3.8) is 0 Å². The van der Waals surface area contributed by atoms with E-state index in [2.05, 4.69) is 15.0 Å². The van der Waals surface area contributed by atoms with Crippen molar-refractivity contribution in [2.45, 2.75) is 0 Å². The van der Waals surface area contributed by atoms with Crippen molar-refractivity contribution >= 4 is 11.2 Å². The topological polar surface area (TPSA) is 76.8 Å². The van der Waals surface area contributed by atoms with Gasteiger partial charge in [0.2, 0.25) is 0 Å². The molecule has 0 bridgehead atoms. The summed E-state index contributed by atoms with van der Waals surface area (Å²) >= 11 is 0. The molecule has 0 saturated heterocycles. The van der Waals surface area contributed by atoms with Gasteiger partial charge in [-0.25, -0.2) is 9.97 Å². The zero-order valence-corrected chi connectivity index (χ0v) is 10.3. The normalized spacial score (nSPS) is 10.8. The molecule has 0 unspecified atom stereocenters. The zero-order valence-electron chi connectivity index (χ0n) is 10.3. The maximum atomic E-state index is 5.51. The summed E-state index contributed by atoms with van der Waals surface area (Å²) in [5.41, 5.74) is 8.03. The summed E-state index contributed by atoms with van der Waals surface area (Å²) in [7, 11) is 0. The summed E-state index contributed by atoms with van der Waals surface area (Å²) in [5, 5.41) is 0. The number of H-pyrrole nitrogens is 1. The molecule has 0 aliphatic rings. The molecule has 0 fully saturated rings. The number of ether oxygens (including phenoxy) is 1. The smallest absolute Gasteiger partial charge is 0.178 e. The second-order valence-electron chi connectivity index (χ2n) is 4.12. The summed E-state index contributed by atoms with van der Waals surface area (Å²) in [4.78, 5) is 11.9. The highest BCUT2D eigenvalue weighted by atomic mass is 16.5. The summed E-state index contributed by atoms with van der Waals surface area (Å²) in [6.45, 7) is 1.00. The molecule has 1 aromatic carbocycles. The van der Waals surface area contributed by atoms with E-state index in [0.29, 0.717) is 18.8 Å². The third kappa shape index (κ3) is 2.41. The Labute approximate surface area is 110 Å². The van der Waals surface area contributed by atoms with Crippen LogP contribution in [-0.4, -0.2) is 28.1 Å². The molecule has 19 heavy (non-hydrogen) atoms. The number of aromatic amines is 1. The van der Waals surface area contributed by atoms with E-state index < -0.39 is 0 Å². The molecule has 3 aromatic rings. The molecule has 0 atom stereocenters. The van der Waals surface area contributed by atoms with Crippen molar-refractivity contribution in [3.8, 4) is 17.1 Å². The van der Waals surface area contributed by atoms with Gasteiger partial charge in [-0.15, -0.1) is 0 Å². The first-order valence-electron chi connectivity index (χ1n) is 6.11. The van der Waals surface area contributed by atoms with E-state index >= 15 is 0 Å². The fourth-order valence-electron chi connectivity index (χ4n) is 1.89. The fraction of sp³-hybridized carbons (Fsp3) is 0.143. The minimum atomic E-state index is 0.499. The predicted octanol–water partition coefficient (Wildman–Crippen LogP) is 1.96. The number of hydrogen-bond donors (Lipinski definition) is 2. The Morgan fingerprint density at radius 1 is 1.21 bits per heavy atom. The molecule has 3 N–H and O–H groups in total. The number of benzene rings is 1. The van der Waals surface area contributed by atoms with E-state index in [9.17, 15) is 0 Å². The second-order valence-corrected chi connectivity index (χ2v) is 4.12. The Bertz CT molecular complexity index is 659. The minimum absolute atomic E-state index is 0.499. The predicted molar refractivity (Wildman–Crippen MR) is 73.9 cm³/mol. The molecule has 0 aliphatic carbocycles. The van der Waals surface area contributed by atoms with Gasteiger partial charge in [-0.05, 0) is 24.3 Å². The summed E-state index contributed by atoms with van der Waals surface area (Å²) in [6.07, 6.45) is 1.73. The molecular formula is C14H14N4O. The highest BCUT2D eigenvalue weighted by Gasteiger charge is 2.06. The van der Waals surface area contributed by atoms with Gasteiger partial charge in [0, 0.05) is 18.3 Å². The molecule has 0 aliphatic heterocycles. The van der Waals surface area contributed by atoms with Crippen LogP contribution >= 0.6 is 0 Å². The number of imidazole rings is 1. The third-order valence-corrected chi connectivity index (χ3v) is 2.75. The van der Waals surface area contributed by atoms with Crippen LogP contribution < -0.4 is 10.5 Å². The van der Waals surface area contributed by atoms with Crippen LogP contribution in [0.15, 0.2) is 42.6 Å². The molecular weight excluding hydrogens is 240 g/mol. The zero-order chi connectivity index (χ0) is 13.1. The number of fused-ring (bicyclic) bond motifs is 1. The van der Waals surface area contributed by atoms with Crippen LogP contribution in [0.5, 0.6) is 5.75 Å². The lowest BCUT2D eigenvalue weighted by atomic mass is 10.2. The van der Waals surface area contributed by atoms with Crippen LogP contribution in [0.3, 0.4) is 0 Å². The Kier molecular flexibility index (Phi) is 3.12. The Hall–Kier alpha value is -2.40. The number of nitrogens with one attached hydrogen (secondary N) is 1. The number of aromatic nitrogens is 3. The average Bonchev–Trinajstić information content (AvgIpc) is 2.89. The lowest BCUT2D eigenvalue weighted by Gasteiger charge is -2.05. The molecule has 0 radical (unpaired) electrons. The van der Waals surface area contributed by atoms with Crippen LogP contribution in [0.2, 0.25) is 0 Å². The van der Waals surface area contributed by atoms with Gasteiger partial charge in [-0.1, -0.05) is 12.1 Å². The maximum Gasteiger partial charge on any atom is 0.178 e. The lowest BCUT2D eigenvalue weighted by Crippen LogP contribution is -2.10. The SMILES string of the molecule is NCCOc1cccc(-c2nc3ncccc3[nH]2)c1. The molecule has 0 spiro atoms. The highest BCUT2D eigenvalue weighted by molar-refractivity contribution is 5.75. The van der Waals surface area contributed by atoms with Gasteiger partial charge in [0.1, 0.15) is 18.2 Å². The van der Waals surface area contributed by atoms with E-state index in [1.165, 1.54) is 0 Å². The fourth-order valence-corrected chi connectivity index (χ4v) is 1.89. The Morgan fingerprint density at radius 2 is 2.16 bits per heavy atom. The number of nitrogens with two attached hydrogens (primary N) is 1. The second kappa shape index (κ2) is 5.07. The van der Waals surface area contributed by atoms with Crippen molar-refractivity contribution in [2.75, 3.05) is 13.2 Å². The largest absolute Gasteiger partial charge is 0.492 e. The van der Waals surface area contributed by atoms with Crippen molar-refractivity contribution in [1.82, 2.24) is 15.0 Å². The van der Waals surface area contributed by atoms with E-state index in [0.717, 1.165) is 22.7 Å². The Balaban J connectivity index is 1.96. The van der Waals surface area contributed by atoms with E-state index in [1.807, 2.05) is 36.4 Å². The lowest BCUT2D eigenvalue weighted by molar-refractivity contribution is 0.328. The average molecular weight is 254 g/mol. The van der Waals surface area contributed by atoms with E-state index in [-0.39, 0.29) is 0 Å². The van der Waals surface area contributed by atoms with Gasteiger partial charge in [0.25, 0.3) is 0 Å². The van der Waals surface area contributed by atoms with Crippen LogP contribution in [-0.2, 0) is 0 Å². The first-order chi connectivity index (χ1) is 9.36. The number of nitrogens with zero attached hydrogens (tertiary/aromatic N) is 2. The van der Waals surface area contributed by atoms with Gasteiger partial charge < -0.3 is 15.5 Å². The van der Waals surface area contributed by atoms with E-state index in [1.54, 1.807) is 6.20 Å². The summed E-state index contributed by atoms with van der Waals surface area (Å²) in [6, 6.07) is 11.6. The molecule has 3 rings (SSSR count). The third-order valence-electron chi connectivity index (χ3n) is 2.75. The molecule has 2 aromatic heterocycles. The van der Waals surface area contributed by atoms with Crippen LogP contribution in [0.25, 0.3) is 22.6 Å². The number of pyridine rings is 1. The summed E-state index contributed by atoms with van der Waals surface area (Å²) < 4.78 is 5.51. The summed E-state index contributed by atoms with van der Waals surface area (Å²) in [5.74, 6) is 1.57. The molecule has 0 amide bonds. The first-order valence-corrected chi connectivity index (χ1v) is 6.11. The molecule has 96 valence electrons. The van der Waals surface area contributed by atoms with Gasteiger partial charge in [0.05, 0.1) is 5.52 Å².